The molecule has 2 aliphatic heterocycles. The lowest BCUT2D eigenvalue weighted by molar-refractivity contribution is -0.154. The Balaban J connectivity index is 1.63. The first-order valence-corrected chi connectivity index (χ1v) is 7.20. The van der Waals surface area contributed by atoms with Crippen LogP contribution in [0.5, 0.6) is 0 Å². The first-order chi connectivity index (χ1) is 9.63. The number of carbonyl (C=O) groups excluding carboxylic acids is 1. The fourth-order valence-corrected chi connectivity index (χ4v) is 3.19. The van der Waals surface area contributed by atoms with E-state index in [0.717, 1.165) is 32.5 Å². The number of morpholine rings is 1. The lowest BCUT2D eigenvalue weighted by atomic mass is 10.0. The van der Waals surface area contributed by atoms with Crippen LogP contribution in [0.2, 0.25) is 0 Å². The average molecular weight is 278 g/mol. The highest BCUT2D eigenvalue weighted by molar-refractivity contribution is 5.78. The van der Waals surface area contributed by atoms with Gasteiger partial charge in [0.25, 0.3) is 0 Å². The van der Waals surface area contributed by atoms with Crippen molar-refractivity contribution in [1.82, 2.24) is 19.6 Å². The van der Waals surface area contributed by atoms with Crippen molar-refractivity contribution in [3.8, 4) is 0 Å². The van der Waals surface area contributed by atoms with E-state index >= 15 is 0 Å². The second-order valence-electron chi connectivity index (χ2n) is 5.80. The SMILES string of the molecule is CN1C(=O)CO[C@H]2CCN(Cc3cnn(C)c3)CC[C@@H]21. The molecule has 2 atom stereocenters. The minimum atomic E-state index is 0.104. The molecular formula is C14H22N4O2. The number of likely N-dealkylation sites (N-methyl/N-ethyl adjacent to an activating group) is 1. The predicted octanol–water partition coefficient (Wildman–Crippen LogP) is 0.242. The zero-order chi connectivity index (χ0) is 14.1. The molecule has 0 unspecified atom stereocenters. The molecule has 1 amide bonds. The van der Waals surface area contributed by atoms with Crippen LogP contribution in [-0.4, -0.2) is 64.4 Å². The van der Waals surface area contributed by atoms with Crippen LogP contribution in [0, 0.1) is 0 Å². The van der Waals surface area contributed by atoms with Crippen LogP contribution in [0.4, 0.5) is 0 Å². The number of aryl methyl sites for hydroxylation is 1. The number of carbonyl (C=O) groups is 1. The number of amides is 1. The molecular weight excluding hydrogens is 256 g/mol. The summed E-state index contributed by atoms with van der Waals surface area (Å²) in [5.74, 6) is 0.104. The molecule has 2 aliphatic rings. The van der Waals surface area contributed by atoms with Crippen LogP contribution < -0.4 is 0 Å². The lowest BCUT2D eigenvalue weighted by Gasteiger charge is -2.37. The van der Waals surface area contributed by atoms with E-state index < -0.39 is 0 Å². The Morgan fingerprint density at radius 2 is 2.15 bits per heavy atom. The molecule has 0 bridgehead atoms. The van der Waals surface area contributed by atoms with Gasteiger partial charge in [-0.25, -0.2) is 0 Å². The van der Waals surface area contributed by atoms with Gasteiger partial charge in [0.2, 0.25) is 5.91 Å². The molecule has 20 heavy (non-hydrogen) atoms. The van der Waals surface area contributed by atoms with Gasteiger partial charge in [0, 0.05) is 45.5 Å². The van der Waals surface area contributed by atoms with Gasteiger partial charge in [0.1, 0.15) is 6.61 Å². The summed E-state index contributed by atoms with van der Waals surface area (Å²) in [5.41, 5.74) is 1.24. The van der Waals surface area contributed by atoms with Gasteiger partial charge >= 0.3 is 0 Å². The minimum Gasteiger partial charge on any atom is -0.366 e. The third-order valence-electron chi connectivity index (χ3n) is 4.38. The quantitative estimate of drug-likeness (QED) is 0.778. The van der Waals surface area contributed by atoms with Crippen molar-refractivity contribution in [2.24, 2.45) is 7.05 Å². The smallest absolute Gasteiger partial charge is 0.248 e. The van der Waals surface area contributed by atoms with E-state index in [1.54, 1.807) is 0 Å². The van der Waals surface area contributed by atoms with Gasteiger partial charge in [-0.3, -0.25) is 14.4 Å². The van der Waals surface area contributed by atoms with Crippen LogP contribution in [0.1, 0.15) is 18.4 Å². The summed E-state index contributed by atoms with van der Waals surface area (Å²) in [5, 5.41) is 4.21. The largest absolute Gasteiger partial charge is 0.366 e. The van der Waals surface area contributed by atoms with E-state index in [0.29, 0.717) is 0 Å². The molecule has 110 valence electrons. The Kier molecular flexibility index (Phi) is 3.76. The number of ether oxygens (including phenoxy) is 1. The van der Waals surface area contributed by atoms with Crippen molar-refractivity contribution in [2.45, 2.75) is 31.5 Å². The Morgan fingerprint density at radius 3 is 2.90 bits per heavy atom. The number of aromatic nitrogens is 2. The molecule has 2 saturated heterocycles. The minimum absolute atomic E-state index is 0.104. The van der Waals surface area contributed by atoms with Crippen LogP contribution in [0.15, 0.2) is 12.4 Å². The standard InChI is InChI=1S/C14H22N4O2/c1-16-8-11(7-15-16)9-18-5-3-12-13(4-6-18)20-10-14(19)17(12)2/h7-8,12-13H,3-6,9-10H2,1-2H3/t12-,13-/m0/s1. The molecule has 0 aliphatic carbocycles. The first-order valence-electron chi connectivity index (χ1n) is 7.20. The van der Waals surface area contributed by atoms with Gasteiger partial charge < -0.3 is 9.64 Å². The molecule has 3 heterocycles. The zero-order valence-electron chi connectivity index (χ0n) is 12.2. The van der Waals surface area contributed by atoms with Gasteiger partial charge in [-0.15, -0.1) is 0 Å². The Bertz CT molecular complexity index is 487. The summed E-state index contributed by atoms with van der Waals surface area (Å²) in [4.78, 5) is 16.0. The maximum absolute atomic E-state index is 11.7. The summed E-state index contributed by atoms with van der Waals surface area (Å²) in [6, 6.07) is 0.232. The molecule has 0 N–H and O–H groups in total. The third-order valence-corrected chi connectivity index (χ3v) is 4.38. The molecule has 3 rings (SSSR count). The Labute approximate surface area is 119 Å². The summed E-state index contributed by atoms with van der Waals surface area (Å²) < 4.78 is 7.55. The molecule has 0 spiro atoms. The molecule has 6 nitrogen and oxygen atoms in total. The molecule has 6 heteroatoms. The van der Waals surface area contributed by atoms with Gasteiger partial charge in [-0.05, 0) is 12.8 Å². The highest BCUT2D eigenvalue weighted by Crippen LogP contribution is 2.23. The second kappa shape index (κ2) is 5.54. The van der Waals surface area contributed by atoms with Crippen molar-refractivity contribution >= 4 is 5.91 Å². The maximum Gasteiger partial charge on any atom is 0.248 e. The fraction of sp³-hybridized carbons (Fsp3) is 0.714. The van der Waals surface area contributed by atoms with Crippen LogP contribution in [0.25, 0.3) is 0 Å². The number of hydrogen-bond donors (Lipinski definition) is 0. The van der Waals surface area contributed by atoms with Gasteiger partial charge in [-0.1, -0.05) is 0 Å². The highest BCUT2D eigenvalue weighted by Gasteiger charge is 2.36. The summed E-state index contributed by atoms with van der Waals surface area (Å²) in [7, 11) is 3.84. The normalized spacial score (nSPS) is 28.3. The Hall–Kier alpha value is -1.40. The predicted molar refractivity (Wildman–Crippen MR) is 74.0 cm³/mol. The van der Waals surface area contributed by atoms with Crippen molar-refractivity contribution in [3.63, 3.8) is 0 Å². The van der Waals surface area contributed by atoms with Crippen LogP contribution >= 0.6 is 0 Å². The van der Waals surface area contributed by atoms with Crippen molar-refractivity contribution < 1.29 is 9.53 Å². The van der Waals surface area contributed by atoms with Crippen molar-refractivity contribution in [1.29, 1.82) is 0 Å². The summed E-state index contributed by atoms with van der Waals surface area (Å²) >= 11 is 0. The van der Waals surface area contributed by atoms with E-state index in [1.165, 1.54) is 5.56 Å². The number of nitrogens with zero attached hydrogens (tertiary/aromatic N) is 4. The lowest BCUT2D eigenvalue weighted by Crippen LogP contribution is -2.52. The van der Waals surface area contributed by atoms with E-state index in [2.05, 4.69) is 16.2 Å². The van der Waals surface area contributed by atoms with Gasteiger partial charge in [-0.2, -0.15) is 5.10 Å². The number of fused-ring (bicyclic) bond motifs is 1. The zero-order valence-corrected chi connectivity index (χ0v) is 12.2. The first kappa shape index (κ1) is 13.6. The third kappa shape index (κ3) is 2.71. The number of rotatable bonds is 2. The summed E-state index contributed by atoms with van der Waals surface area (Å²) in [6.45, 7) is 3.17. The van der Waals surface area contributed by atoms with E-state index in [-0.39, 0.29) is 24.7 Å². The van der Waals surface area contributed by atoms with Crippen molar-refractivity contribution in [2.75, 3.05) is 26.7 Å². The highest BCUT2D eigenvalue weighted by atomic mass is 16.5. The monoisotopic (exact) mass is 278 g/mol. The Morgan fingerprint density at radius 1 is 1.35 bits per heavy atom. The molecule has 0 aromatic carbocycles. The van der Waals surface area contributed by atoms with Crippen LogP contribution in [0.3, 0.4) is 0 Å². The van der Waals surface area contributed by atoms with E-state index in [4.69, 9.17) is 4.74 Å². The average Bonchev–Trinajstić information content (AvgIpc) is 2.71. The molecule has 1 aromatic rings. The second-order valence-corrected chi connectivity index (χ2v) is 5.80. The molecule has 2 fully saturated rings. The van der Waals surface area contributed by atoms with E-state index in [9.17, 15) is 4.79 Å². The number of hydrogen-bond acceptors (Lipinski definition) is 4. The number of likely N-dealkylation sites (tertiary alicyclic amines) is 1. The maximum atomic E-state index is 11.7. The molecule has 0 saturated carbocycles. The van der Waals surface area contributed by atoms with Crippen LogP contribution in [-0.2, 0) is 23.1 Å². The fourth-order valence-electron chi connectivity index (χ4n) is 3.19. The van der Waals surface area contributed by atoms with Gasteiger partial charge in [0.15, 0.2) is 0 Å². The summed E-state index contributed by atoms with van der Waals surface area (Å²) in [6.07, 6.45) is 6.14. The van der Waals surface area contributed by atoms with Gasteiger partial charge in [0.05, 0.1) is 18.3 Å². The topological polar surface area (TPSA) is 50.6 Å². The van der Waals surface area contributed by atoms with Crippen molar-refractivity contribution in [3.05, 3.63) is 18.0 Å². The molecule has 1 aromatic heterocycles. The van der Waals surface area contributed by atoms with E-state index in [1.807, 2.05) is 29.9 Å². The molecule has 0 radical (unpaired) electrons.